The molecule has 0 bridgehead atoms. The summed E-state index contributed by atoms with van der Waals surface area (Å²) in [5.74, 6) is 0.437. The van der Waals surface area contributed by atoms with Crippen LogP contribution in [0.5, 0.6) is 17.2 Å². The minimum Gasteiger partial charge on any atom is -0.508 e. The maximum absolute atomic E-state index is 9.88. The molecule has 0 heterocycles. The van der Waals surface area contributed by atoms with E-state index in [1.807, 2.05) is 0 Å². The standard InChI is InChI=1S/C14H14O4/c15-11-5-3-4-10(8-11)13(17)9-18-14-7-2-1-6-12(14)16/h1-8,13,15-17H,9H2. The van der Waals surface area contributed by atoms with E-state index < -0.39 is 6.10 Å². The van der Waals surface area contributed by atoms with E-state index in [4.69, 9.17) is 4.74 Å². The number of phenols is 2. The lowest BCUT2D eigenvalue weighted by Crippen LogP contribution is -2.09. The molecule has 0 aliphatic heterocycles. The van der Waals surface area contributed by atoms with Crippen LogP contribution < -0.4 is 4.74 Å². The average molecular weight is 246 g/mol. The van der Waals surface area contributed by atoms with Gasteiger partial charge in [0.2, 0.25) is 0 Å². The van der Waals surface area contributed by atoms with E-state index >= 15 is 0 Å². The van der Waals surface area contributed by atoms with Crippen molar-refractivity contribution in [2.45, 2.75) is 6.10 Å². The van der Waals surface area contributed by atoms with Crippen LogP contribution in [0.3, 0.4) is 0 Å². The van der Waals surface area contributed by atoms with Crippen LogP contribution >= 0.6 is 0 Å². The number of para-hydroxylation sites is 2. The number of ether oxygens (including phenoxy) is 1. The normalized spacial score (nSPS) is 12.1. The van der Waals surface area contributed by atoms with Gasteiger partial charge in [0.05, 0.1) is 0 Å². The van der Waals surface area contributed by atoms with E-state index in [9.17, 15) is 15.3 Å². The Labute approximate surface area is 105 Å². The molecule has 0 radical (unpaired) electrons. The molecule has 2 rings (SSSR count). The molecule has 0 fully saturated rings. The second-order valence-corrected chi connectivity index (χ2v) is 3.89. The van der Waals surface area contributed by atoms with Crippen LogP contribution in [0.2, 0.25) is 0 Å². The van der Waals surface area contributed by atoms with Crippen molar-refractivity contribution < 1.29 is 20.1 Å². The summed E-state index contributed by atoms with van der Waals surface area (Å²) in [6.45, 7) is 0.00102. The van der Waals surface area contributed by atoms with E-state index in [1.54, 1.807) is 30.3 Å². The molecule has 18 heavy (non-hydrogen) atoms. The van der Waals surface area contributed by atoms with Crippen LogP contribution in [0.1, 0.15) is 11.7 Å². The summed E-state index contributed by atoms with van der Waals surface area (Å²) < 4.78 is 5.31. The molecule has 4 nitrogen and oxygen atoms in total. The van der Waals surface area contributed by atoms with E-state index in [2.05, 4.69) is 0 Å². The molecule has 1 unspecified atom stereocenters. The fourth-order valence-electron chi connectivity index (χ4n) is 1.58. The highest BCUT2D eigenvalue weighted by atomic mass is 16.5. The van der Waals surface area contributed by atoms with E-state index in [1.165, 1.54) is 18.2 Å². The van der Waals surface area contributed by atoms with Crippen molar-refractivity contribution in [1.82, 2.24) is 0 Å². The van der Waals surface area contributed by atoms with Crippen molar-refractivity contribution in [1.29, 1.82) is 0 Å². The van der Waals surface area contributed by atoms with Crippen LogP contribution in [0, 0.1) is 0 Å². The van der Waals surface area contributed by atoms with Gasteiger partial charge in [0.15, 0.2) is 11.5 Å². The van der Waals surface area contributed by atoms with Crippen molar-refractivity contribution in [3.8, 4) is 17.2 Å². The molecule has 0 aliphatic rings. The van der Waals surface area contributed by atoms with Gasteiger partial charge < -0.3 is 20.1 Å². The Kier molecular flexibility index (Phi) is 3.69. The molecule has 0 saturated heterocycles. The van der Waals surface area contributed by atoms with Gasteiger partial charge in [-0.05, 0) is 29.8 Å². The van der Waals surface area contributed by atoms with Gasteiger partial charge in [-0.3, -0.25) is 0 Å². The monoisotopic (exact) mass is 246 g/mol. The largest absolute Gasteiger partial charge is 0.508 e. The second kappa shape index (κ2) is 5.42. The van der Waals surface area contributed by atoms with E-state index in [0.29, 0.717) is 11.3 Å². The van der Waals surface area contributed by atoms with Crippen molar-refractivity contribution in [2.75, 3.05) is 6.61 Å². The van der Waals surface area contributed by atoms with Gasteiger partial charge in [-0.15, -0.1) is 0 Å². The lowest BCUT2D eigenvalue weighted by atomic mass is 10.1. The van der Waals surface area contributed by atoms with Crippen LogP contribution in [0.15, 0.2) is 48.5 Å². The first-order valence-electron chi connectivity index (χ1n) is 5.54. The first-order chi connectivity index (χ1) is 8.66. The summed E-state index contributed by atoms with van der Waals surface area (Å²) in [4.78, 5) is 0. The number of aromatic hydroxyl groups is 2. The number of benzene rings is 2. The quantitative estimate of drug-likeness (QED) is 0.773. The highest BCUT2D eigenvalue weighted by Gasteiger charge is 2.10. The minimum atomic E-state index is -0.864. The van der Waals surface area contributed by atoms with E-state index in [-0.39, 0.29) is 18.1 Å². The predicted molar refractivity (Wildman–Crippen MR) is 66.7 cm³/mol. The Balaban J connectivity index is 2.00. The smallest absolute Gasteiger partial charge is 0.161 e. The number of rotatable bonds is 4. The van der Waals surface area contributed by atoms with Crippen LogP contribution in [0.4, 0.5) is 0 Å². The summed E-state index contributed by atoms with van der Waals surface area (Å²) in [7, 11) is 0. The summed E-state index contributed by atoms with van der Waals surface area (Å²) in [5, 5.41) is 28.7. The molecule has 0 amide bonds. The van der Waals surface area contributed by atoms with E-state index in [0.717, 1.165) is 0 Å². The molecule has 0 spiro atoms. The topological polar surface area (TPSA) is 69.9 Å². The SMILES string of the molecule is Oc1cccc(C(O)COc2ccccc2O)c1. The Morgan fingerprint density at radius 1 is 1.00 bits per heavy atom. The van der Waals surface area contributed by atoms with Gasteiger partial charge in [0, 0.05) is 0 Å². The molecule has 0 aromatic heterocycles. The van der Waals surface area contributed by atoms with Crippen LogP contribution in [0.25, 0.3) is 0 Å². The molecular formula is C14H14O4. The maximum Gasteiger partial charge on any atom is 0.161 e. The van der Waals surface area contributed by atoms with Crippen molar-refractivity contribution in [3.05, 3.63) is 54.1 Å². The van der Waals surface area contributed by atoms with Gasteiger partial charge in [0.1, 0.15) is 18.5 Å². The number of aliphatic hydroxyl groups excluding tert-OH is 1. The molecule has 2 aromatic carbocycles. The molecule has 2 aromatic rings. The van der Waals surface area contributed by atoms with Crippen molar-refractivity contribution in [2.24, 2.45) is 0 Å². The molecule has 4 heteroatoms. The Morgan fingerprint density at radius 3 is 2.50 bits per heavy atom. The molecule has 0 saturated carbocycles. The van der Waals surface area contributed by atoms with Gasteiger partial charge in [-0.25, -0.2) is 0 Å². The predicted octanol–water partition coefficient (Wildman–Crippen LogP) is 2.21. The maximum atomic E-state index is 9.88. The number of phenolic OH excluding ortho intramolecular Hbond substituents is 2. The third-order valence-electron chi connectivity index (χ3n) is 2.52. The fraction of sp³-hybridized carbons (Fsp3) is 0.143. The first-order valence-corrected chi connectivity index (χ1v) is 5.54. The summed E-state index contributed by atoms with van der Waals surface area (Å²) in [5.41, 5.74) is 0.561. The number of hydrogen-bond donors (Lipinski definition) is 3. The summed E-state index contributed by atoms with van der Waals surface area (Å²) in [6, 6.07) is 12.9. The van der Waals surface area contributed by atoms with Crippen molar-refractivity contribution in [3.63, 3.8) is 0 Å². The first kappa shape index (κ1) is 12.3. The highest BCUT2D eigenvalue weighted by molar-refractivity contribution is 5.38. The third-order valence-corrected chi connectivity index (χ3v) is 2.52. The van der Waals surface area contributed by atoms with Gasteiger partial charge in [-0.2, -0.15) is 0 Å². The minimum absolute atomic E-state index is 0.00102. The van der Waals surface area contributed by atoms with Crippen molar-refractivity contribution >= 4 is 0 Å². The number of hydrogen-bond acceptors (Lipinski definition) is 4. The number of aliphatic hydroxyl groups is 1. The molecular weight excluding hydrogens is 232 g/mol. The highest BCUT2D eigenvalue weighted by Crippen LogP contribution is 2.26. The lowest BCUT2D eigenvalue weighted by Gasteiger charge is -2.13. The Morgan fingerprint density at radius 2 is 1.78 bits per heavy atom. The average Bonchev–Trinajstić information content (AvgIpc) is 2.37. The second-order valence-electron chi connectivity index (χ2n) is 3.89. The molecule has 3 N–H and O–H groups in total. The molecule has 0 aliphatic carbocycles. The lowest BCUT2D eigenvalue weighted by molar-refractivity contribution is 0.106. The summed E-state index contributed by atoms with van der Waals surface area (Å²) >= 11 is 0. The molecule has 94 valence electrons. The zero-order valence-electron chi connectivity index (χ0n) is 9.65. The van der Waals surface area contributed by atoms with Gasteiger partial charge >= 0.3 is 0 Å². The van der Waals surface area contributed by atoms with Crippen LogP contribution in [-0.4, -0.2) is 21.9 Å². The van der Waals surface area contributed by atoms with Gasteiger partial charge in [-0.1, -0.05) is 24.3 Å². The van der Waals surface area contributed by atoms with Gasteiger partial charge in [0.25, 0.3) is 0 Å². The third kappa shape index (κ3) is 2.93. The zero-order valence-corrected chi connectivity index (χ0v) is 9.65. The fourth-order valence-corrected chi connectivity index (χ4v) is 1.58. The molecule has 1 atom stereocenters. The van der Waals surface area contributed by atoms with Crippen LogP contribution in [-0.2, 0) is 0 Å². The zero-order chi connectivity index (χ0) is 13.0. The Hall–Kier alpha value is -2.20. The summed E-state index contributed by atoms with van der Waals surface area (Å²) in [6.07, 6.45) is -0.864. The Bertz CT molecular complexity index is 525.